The molecular weight excluding hydrogens is 329 g/mol. The zero-order valence-electron chi connectivity index (χ0n) is 12.8. The molecule has 3 aromatic rings. The molecule has 0 unspecified atom stereocenters. The monoisotopic (exact) mass is 340 g/mol. The molecule has 3 rings (SSSR count). The van der Waals surface area contributed by atoms with Crippen molar-refractivity contribution in [1.29, 1.82) is 5.26 Å². The minimum atomic E-state index is -0.693. The Balaban J connectivity index is 1.84. The lowest BCUT2D eigenvalue weighted by molar-refractivity contribution is 0.287. The molecule has 0 aliphatic heterocycles. The van der Waals surface area contributed by atoms with Gasteiger partial charge in [-0.2, -0.15) is 5.26 Å². The highest BCUT2D eigenvalue weighted by atomic mass is 19.1. The normalized spacial score (nSPS) is 10.3. The molecule has 1 heterocycles. The molecule has 0 fully saturated rings. The van der Waals surface area contributed by atoms with Gasteiger partial charge in [0.25, 0.3) is 0 Å². The van der Waals surface area contributed by atoms with Crippen molar-refractivity contribution in [1.82, 2.24) is 4.98 Å². The summed E-state index contributed by atoms with van der Waals surface area (Å²) in [6, 6.07) is 13.9. The van der Waals surface area contributed by atoms with Crippen LogP contribution in [-0.2, 0) is 6.61 Å². The van der Waals surface area contributed by atoms with Gasteiger partial charge in [0.15, 0.2) is 0 Å². The summed E-state index contributed by atoms with van der Waals surface area (Å²) in [6.45, 7) is -0.160. The van der Waals surface area contributed by atoms with Crippen LogP contribution in [0.4, 0.5) is 13.2 Å². The van der Waals surface area contributed by atoms with Gasteiger partial charge in [-0.3, -0.25) is 0 Å². The van der Waals surface area contributed by atoms with Crippen LogP contribution in [0.2, 0.25) is 0 Å². The highest BCUT2D eigenvalue weighted by molar-refractivity contribution is 5.61. The highest BCUT2D eigenvalue weighted by Gasteiger charge is 2.13. The highest BCUT2D eigenvalue weighted by Crippen LogP contribution is 2.26. The molecule has 3 nitrogen and oxygen atoms in total. The molecule has 0 aliphatic rings. The molecule has 0 saturated heterocycles. The molecule has 0 atom stereocenters. The van der Waals surface area contributed by atoms with Gasteiger partial charge in [-0.15, -0.1) is 0 Å². The minimum absolute atomic E-state index is 0.00926. The lowest BCUT2D eigenvalue weighted by Gasteiger charge is -2.09. The lowest BCUT2D eigenvalue weighted by atomic mass is 10.1. The van der Waals surface area contributed by atoms with Crippen LogP contribution < -0.4 is 4.74 Å². The third kappa shape index (κ3) is 3.61. The van der Waals surface area contributed by atoms with Crippen molar-refractivity contribution >= 4 is 0 Å². The Bertz CT molecular complexity index is 967. The Morgan fingerprint density at radius 2 is 1.72 bits per heavy atom. The van der Waals surface area contributed by atoms with E-state index in [9.17, 15) is 13.2 Å². The molecule has 0 radical (unpaired) electrons. The van der Waals surface area contributed by atoms with E-state index in [0.29, 0.717) is 0 Å². The number of nitriles is 1. The maximum atomic E-state index is 14.0. The van der Waals surface area contributed by atoms with Crippen LogP contribution in [0.25, 0.3) is 11.3 Å². The van der Waals surface area contributed by atoms with Crippen molar-refractivity contribution < 1.29 is 17.9 Å². The Kier molecular flexibility index (Phi) is 4.66. The van der Waals surface area contributed by atoms with E-state index >= 15 is 0 Å². The number of ether oxygens (including phenoxy) is 1. The molecule has 124 valence electrons. The van der Waals surface area contributed by atoms with Crippen LogP contribution in [0.5, 0.6) is 5.88 Å². The summed E-state index contributed by atoms with van der Waals surface area (Å²) >= 11 is 0. The first-order valence-electron chi connectivity index (χ1n) is 7.31. The van der Waals surface area contributed by atoms with E-state index in [0.717, 1.165) is 12.1 Å². The summed E-state index contributed by atoms with van der Waals surface area (Å²) in [5.74, 6) is -1.86. The van der Waals surface area contributed by atoms with Gasteiger partial charge in [-0.1, -0.05) is 18.2 Å². The standard InChI is InChI=1S/C19H11F3N2O/c20-15-4-2-1-3-14(15)19-16(21)7-8-18(24-19)25-11-13-6-5-12(10-23)9-17(13)22/h1-9H,11H2. The summed E-state index contributed by atoms with van der Waals surface area (Å²) in [5, 5.41) is 8.72. The van der Waals surface area contributed by atoms with Crippen LogP contribution in [0.3, 0.4) is 0 Å². The second-order valence-corrected chi connectivity index (χ2v) is 5.17. The molecule has 0 spiro atoms. The largest absolute Gasteiger partial charge is 0.473 e. The van der Waals surface area contributed by atoms with Gasteiger partial charge in [0.1, 0.15) is 29.8 Å². The molecule has 0 aliphatic carbocycles. The fourth-order valence-corrected chi connectivity index (χ4v) is 2.23. The van der Waals surface area contributed by atoms with E-state index in [4.69, 9.17) is 10.00 Å². The summed E-state index contributed by atoms with van der Waals surface area (Å²) in [5.41, 5.74) is 0.242. The van der Waals surface area contributed by atoms with Crippen molar-refractivity contribution in [3.8, 4) is 23.2 Å². The predicted octanol–water partition coefficient (Wildman–Crippen LogP) is 4.62. The molecular formula is C19H11F3N2O. The van der Waals surface area contributed by atoms with Gasteiger partial charge in [-0.25, -0.2) is 18.2 Å². The average Bonchev–Trinajstić information content (AvgIpc) is 2.62. The minimum Gasteiger partial charge on any atom is -0.473 e. The van der Waals surface area contributed by atoms with Crippen molar-refractivity contribution in [3.63, 3.8) is 0 Å². The fourth-order valence-electron chi connectivity index (χ4n) is 2.23. The number of nitrogens with zero attached hydrogens (tertiary/aromatic N) is 2. The summed E-state index contributed by atoms with van der Waals surface area (Å²) in [7, 11) is 0. The van der Waals surface area contributed by atoms with E-state index in [2.05, 4.69) is 4.98 Å². The quantitative estimate of drug-likeness (QED) is 0.696. The molecule has 0 saturated carbocycles. The average molecular weight is 340 g/mol. The van der Waals surface area contributed by atoms with Gasteiger partial charge >= 0.3 is 0 Å². The number of aromatic nitrogens is 1. The van der Waals surface area contributed by atoms with Crippen LogP contribution in [0.1, 0.15) is 11.1 Å². The predicted molar refractivity (Wildman–Crippen MR) is 85.0 cm³/mol. The van der Waals surface area contributed by atoms with Gasteiger partial charge in [0, 0.05) is 17.2 Å². The number of pyridine rings is 1. The number of benzene rings is 2. The fraction of sp³-hybridized carbons (Fsp3) is 0.0526. The zero-order chi connectivity index (χ0) is 17.8. The first-order chi connectivity index (χ1) is 12.1. The maximum absolute atomic E-state index is 14.0. The molecule has 2 aromatic carbocycles. The Morgan fingerprint density at radius 1 is 0.920 bits per heavy atom. The van der Waals surface area contributed by atoms with Gasteiger partial charge < -0.3 is 4.74 Å². The summed E-state index contributed by atoms with van der Waals surface area (Å²) in [6.07, 6.45) is 0. The molecule has 6 heteroatoms. The maximum Gasteiger partial charge on any atom is 0.214 e. The van der Waals surface area contributed by atoms with Crippen molar-refractivity contribution in [2.24, 2.45) is 0 Å². The molecule has 0 bridgehead atoms. The van der Waals surface area contributed by atoms with Gasteiger partial charge in [0.2, 0.25) is 5.88 Å². The Morgan fingerprint density at radius 3 is 2.44 bits per heavy atom. The van der Waals surface area contributed by atoms with Crippen LogP contribution in [-0.4, -0.2) is 4.98 Å². The van der Waals surface area contributed by atoms with Crippen LogP contribution in [0, 0.1) is 28.8 Å². The Labute approximate surface area is 141 Å². The van der Waals surface area contributed by atoms with E-state index in [1.54, 1.807) is 6.07 Å². The van der Waals surface area contributed by atoms with Crippen molar-refractivity contribution in [3.05, 3.63) is 83.2 Å². The third-order valence-electron chi connectivity index (χ3n) is 3.51. The van der Waals surface area contributed by atoms with Crippen molar-refractivity contribution in [2.45, 2.75) is 6.61 Å². The summed E-state index contributed by atoms with van der Waals surface area (Å²) < 4.78 is 47.0. The lowest BCUT2D eigenvalue weighted by Crippen LogP contribution is -2.02. The third-order valence-corrected chi connectivity index (χ3v) is 3.51. The van der Waals surface area contributed by atoms with E-state index in [1.165, 1.54) is 36.4 Å². The zero-order valence-corrected chi connectivity index (χ0v) is 12.8. The van der Waals surface area contributed by atoms with E-state index in [1.807, 2.05) is 6.07 Å². The topological polar surface area (TPSA) is 45.9 Å². The van der Waals surface area contributed by atoms with Gasteiger partial charge in [-0.05, 0) is 30.3 Å². The second kappa shape index (κ2) is 7.05. The number of halogens is 3. The van der Waals surface area contributed by atoms with Gasteiger partial charge in [0.05, 0.1) is 11.6 Å². The molecule has 25 heavy (non-hydrogen) atoms. The first kappa shape index (κ1) is 16.5. The van der Waals surface area contributed by atoms with Crippen LogP contribution >= 0.6 is 0 Å². The van der Waals surface area contributed by atoms with E-state index < -0.39 is 17.5 Å². The summed E-state index contributed by atoms with van der Waals surface area (Å²) in [4.78, 5) is 3.97. The first-order valence-corrected chi connectivity index (χ1v) is 7.31. The molecule has 0 amide bonds. The Hall–Kier alpha value is -3.33. The number of hydrogen-bond donors (Lipinski definition) is 0. The number of hydrogen-bond acceptors (Lipinski definition) is 3. The van der Waals surface area contributed by atoms with Crippen LogP contribution in [0.15, 0.2) is 54.6 Å². The smallest absolute Gasteiger partial charge is 0.214 e. The molecule has 1 aromatic heterocycles. The number of rotatable bonds is 4. The van der Waals surface area contributed by atoms with Crippen molar-refractivity contribution in [2.75, 3.05) is 0 Å². The SMILES string of the molecule is N#Cc1ccc(COc2ccc(F)c(-c3ccccc3F)n2)c(F)c1. The second-order valence-electron chi connectivity index (χ2n) is 5.17. The van der Waals surface area contributed by atoms with E-state index in [-0.39, 0.29) is 34.9 Å². The molecule has 0 N–H and O–H groups in total.